The van der Waals surface area contributed by atoms with Gasteiger partial charge in [0.25, 0.3) is 5.91 Å². The molecule has 3 heterocycles. The van der Waals surface area contributed by atoms with E-state index in [0.29, 0.717) is 43.2 Å². The normalized spacial score (nSPS) is 28.9. The molecule has 212 valence electrons. The van der Waals surface area contributed by atoms with E-state index in [2.05, 4.69) is 20.1 Å². The number of unbranched alkanes of at least 4 members (excludes halogenated alkanes) is 3. The molecule has 1 N–H and O–H groups in total. The van der Waals surface area contributed by atoms with Crippen molar-refractivity contribution in [2.75, 3.05) is 38.2 Å². The molecule has 1 aromatic carbocycles. The zero-order valence-electron chi connectivity index (χ0n) is 23.0. The van der Waals surface area contributed by atoms with Gasteiger partial charge in [-0.25, -0.2) is 0 Å². The van der Waals surface area contributed by atoms with Crippen molar-refractivity contribution >= 4 is 46.8 Å². The molecule has 3 amide bonds. The molecular weight excluding hydrogens is 534 g/mol. The second-order valence-corrected chi connectivity index (χ2v) is 13.5. The van der Waals surface area contributed by atoms with Crippen LogP contribution in [0.25, 0.3) is 0 Å². The average Bonchev–Trinajstić information content (AvgIpc) is 3.48. The lowest BCUT2D eigenvalue weighted by atomic mass is 9.66. The number of hydrogen-bond donors (Lipinski definition) is 1. The van der Waals surface area contributed by atoms with Crippen LogP contribution in [0.1, 0.15) is 45.4 Å². The van der Waals surface area contributed by atoms with Crippen LogP contribution in [0.3, 0.4) is 0 Å². The van der Waals surface area contributed by atoms with Gasteiger partial charge < -0.3 is 19.8 Å². The van der Waals surface area contributed by atoms with Crippen LogP contribution in [-0.4, -0.2) is 81.5 Å². The number of carbonyl (C=O) groups is 3. The number of likely N-dealkylation sites (N-methyl/N-ethyl adjacent to an activating group) is 1. The molecular formula is C30H40ClN3O4S. The highest BCUT2D eigenvalue weighted by Gasteiger charge is 2.77. The molecule has 9 heteroatoms. The molecule has 5 atom stereocenters. The third kappa shape index (κ3) is 5.27. The monoisotopic (exact) mass is 573 g/mol. The summed E-state index contributed by atoms with van der Waals surface area (Å²) >= 11 is 7.82. The molecule has 4 rings (SSSR count). The SMILES string of the molecule is C=CCN(C)C(=O)[C@@H]1[C@H]2C(=O)N(CCCCCCO)C(C(=O)N(CC=C)c3ccc(Cl)cc3)C23CC[C@@]1(C)S3. The van der Waals surface area contributed by atoms with Crippen molar-refractivity contribution in [3.05, 3.63) is 54.6 Å². The summed E-state index contributed by atoms with van der Waals surface area (Å²) in [7, 11) is 1.75. The molecule has 2 bridgehead atoms. The van der Waals surface area contributed by atoms with E-state index < -0.39 is 27.4 Å². The van der Waals surface area contributed by atoms with E-state index in [1.807, 2.05) is 12.1 Å². The molecule has 39 heavy (non-hydrogen) atoms. The number of hydrogen-bond acceptors (Lipinski definition) is 5. The number of carbonyl (C=O) groups excluding carboxylic acids is 3. The molecule has 3 aliphatic rings. The van der Waals surface area contributed by atoms with Crippen LogP contribution in [0.2, 0.25) is 5.02 Å². The van der Waals surface area contributed by atoms with E-state index in [9.17, 15) is 14.4 Å². The number of aliphatic hydroxyl groups is 1. The fourth-order valence-corrected chi connectivity index (χ4v) is 9.28. The lowest BCUT2D eigenvalue weighted by molar-refractivity contribution is -0.144. The smallest absolute Gasteiger partial charge is 0.251 e. The zero-order valence-corrected chi connectivity index (χ0v) is 24.6. The highest BCUT2D eigenvalue weighted by molar-refractivity contribution is 8.02. The third-order valence-corrected chi connectivity index (χ3v) is 10.8. The van der Waals surface area contributed by atoms with Crippen LogP contribution in [0.15, 0.2) is 49.6 Å². The van der Waals surface area contributed by atoms with Gasteiger partial charge >= 0.3 is 0 Å². The molecule has 3 saturated heterocycles. The standard InChI is InChI=1S/C30H40ClN3O4S/c1-5-17-32(4)26(36)23-24-27(37)34(19-9-7-8-10-20-35)25(30(24)16-15-29(23,3)39-30)28(38)33(18-6-2)22-13-11-21(31)12-14-22/h5-6,11-14,23-25,35H,1-2,7-10,15-20H2,3-4H3/t23-,24-,25?,29+,30?/m0/s1. The molecule has 0 aliphatic carbocycles. The van der Waals surface area contributed by atoms with Crippen LogP contribution < -0.4 is 4.90 Å². The van der Waals surface area contributed by atoms with Crippen molar-refractivity contribution < 1.29 is 19.5 Å². The van der Waals surface area contributed by atoms with Crippen molar-refractivity contribution in [1.82, 2.24) is 9.80 Å². The van der Waals surface area contributed by atoms with E-state index in [1.54, 1.807) is 57.8 Å². The van der Waals surface area contributed by atoms with Crippen LogP contribution in [-0.2, 0) is 14.4 Å². The summed E-state index contributed by atoms with van der Waals surface area (Å²) in [4.78, 5) is 47.7. The molecule has 0 saturated carbocycles. The van der Waals surface area contributed by atoms with E-state index >= 15 is 0 Å². The predicted octanol–water partition coefficient (Wildman–Crippen LogP) is 4.54. The largest absolute Gasteiger partial charge is 0.396 e. The maximum absolute atomic E-state index is 14.6. The Balaban J connectivity index is 1.74. The number of anilines is 1. The number of benzene rings is 1. The highest BCUT2D eigenvalue weighted by atomic mass is 35.5. The number of halogens is 1. The Hall–Kier alpha value is -2.29. The molecule has 7 nitrogen and oxygen atoms in total. The molecule has 2 unspecified atom stereocenters. The first-order valence-corrected chi connectivity index (χ1v) is 15.0. The lowest BCUT2D eigenvalue weighted by Crippen LogP contribution is -2.55. The molecule has 1 spiro atoms. The number of likely N-dealkylation sites (tertiary alicyclic amines) is 1. The van der Waals surface area contributed by atoms with Gasteiger partial charge in [-0.15, -0.1) is 24.9 Å². The predicted molar refractivity (Wildman–Crippen MR) is 158 cm³/mol. The number of thioether (sulfide) groups is 1. The first-order valence-electron chi connectivity index (χ1n) is 13.8. The summed E-state index contributed by atoms with van der Waals surface area (Å²) in [5.74, 6) is -1.34. The van der Waals surface area contributed by atoms with Gasteiger partial charge in [0.1, 0.15) is 6.04 Å². The first-order chi connectivity index (χ1) is 18.6. The van der Waals surface area contributed by atoms with Crippen molar-refractivity contribution in [2.45, 2.75) is 61.0 Å². The summed E-state index contributed by atoms with van der Waals surface area (Å²) in [6.45, 7) is 11.0. The van der Waals surface area contributed by atoms with E-state index in [0.717, 1.165) is 25.7 Å². The van der Waals surface area contributed by atoms with Crippen LogP contribution in [0, 0.1) is 11.8 Å². The topological polar surface area (TPSA) is 81.2 Å². The summed E-state index contributed by atoms with van der Waals surface area (Å²) in [5, 5.41) is 9.74. The van der Waals surface area contributed by atoms with E-state index in [1.165, 1.54) is 0 Å². The molecule has 0 aromatic heterocycles. The quantitative estimate of drug-likeness (QED) is 0.277. The number of rotatable bonds is 13. The van der Waals surface area contributed by atoms with Crippen LogP contribution in [0.5, 0.6) is 0 Å². The fraction of sp³-hybridized carbons (Fsp3) is 0.567. The van der Waals surface area contributed by atoms with Gasteiger partial charge in [0, 0.05) is 48.7 Å². The minimum atomic E-state index is -0.683. The van der Waals surface area contributed by atoms with Gasteiger partial charge in [-0.2, -0.15) is 0 Å². The van der Waals surface area contributed by atoms with E-state index in [-0.39, 0.29) is 24.3 Å². The maximum atomic E-state index is 14.6. The Kier molecular flexibility index (Phi) is 9.19. The van der Waals surface area contributed by atoms with Gasteiger partial charge in [0.2, 0.25) is 11.8 Å². The number of fused-ring (bicyclic) bond motifs is 1. The van der Waals surface area contributed by atoms with Gasteiger partial charge in [-0.3, -0.25) is 14.4 Å². The molecule has 0 radical (unpaired) electrons. The minimum Gasteiger partial charge on any atom is -0.396 e. The highest BCUT2D eigenvalue weighted by Crippen LogP contribution is 2.71. The Morgan fingerprint density at radius 3 is 2.41 bits per heavy atom. The number of nitrogens with zero attached hydrogens (tertiary/aromatic N) is 3. The fourth-order valence-electron chi connectivity index (χ4n) is 6.81. The summed E-state index contributed by atoms with van der Waals surface area (Å²) in [5.41, 5.74) is 0.696. The number of aliphatic hydroxyl groups excluding tert-OH is 1. The molecule has 1 aromatic rings. The van der Waals surface area contributed by atoms with Crippen molar-refractivity contribution in [1.29, 1.82) is 0 Å². The second-order valence-electron chi connectivity index (χ2n) is 11.1. The van der Waals surface area contributed by atoms with Gasteiger partial charge in [-0.05, 0) is 56.9 Å². The Morgan fingerprint density at radius 1 is 1.10 bits per heavy atom. The Morgan fingerprint density at radius 2 is 1.77 bits per heavy atom. The van der Waals surface area contributed by atoms with Crippen LogP contribution >= 0.6 is 23.4 Å². The minimum absolute atomic E-state index is 0.0542. The van der Waals surface area contributed by atoms with Crippen LogP contribution in [0.4, 0.5) is 5.69 Å². The van der Waals surface area contributed by atoms with E-state index in [4.69, 9.17) is 16.7 Å². The Labute approximate surface area is 241 Å². The van der Waals surface area contributed by atoms with Crippen molar-refractivity contribution in [3.8, 4) is 0 Å². The summed E-state index contributed by atoms with van der Waals surface area (Å²) in [6.07, 6.45) is 8.03. The van der Waals surface area contributed by atoms with Crippen molar-refractivity contribution in [2.24, 2.45) is 11.8 Å². The second kappa shape index (κ2) is 12.1. The van der Waals surface area contributed by atoms with Gasteiger partial charge in [0.05, 0.1) is 16.6 Å². The van der Waals surface area contributed by atoms with Gasteiger partial charge in [0.15, 0.2) is 0 Å². The molecule has 3 fully saturated rings. The average molecular weight is 574 g/mol. The molecule has 3 aliphatic heterocycles. The third-order valence-electron chi connectivity index (χ3n) is 8.58. The number of amides is 3. The zero-order chi connectivity index (χ0) is 28.4. The Bertz CT molecular complexity index is 1110. The lowest BCUT2D eigenvalue weighted by Gasteiger charge is -2.37. The van der Waals surface area contributed by atoms with Gasteiger partial charge in [-0.1, -0.05) is 36.6 Å². The maximum Gasteiger partial charge on any atom is 0.251 e. The first kappa shape index (κ1) is 29.7. The van der Waals surface area contributed by atoms with Crippen molar-refractivity contribution in [3.63, 3.8) is 0 Å². The summed E-state index contributed by atoms with van der Waals surface area (Å²) in [6, 6.07) is 6.44. The summed E-state index contributed by atoms with van der Waals surface area (Å²) < 4.78 is -1.09.